The molecule has 10 heteroatoms. The summed E-state index contributed by atoms with van der Waals surface area (Å²) in [5, 5.41) is 2.88. The van der Waals surface area contributed by atoms with Gasteiger partial charge in [-0.1, -0.05) is 6.92 Å². The highest BCUT2D eigenvalue weighted by Crippen LogP contribution is 2.37. The highest BCUT2D eigenvalue weighted by molar-refractivity contribution is 9.10. The zero-order valence-corrected chi connectivity index (χ0v) is 21.6. The van der Waals surface area contributed by atoms with Crippen LogP contribution in [0.4, 0.5) is 11.4 Å². The molecule has 2 amide bonds. The largest absolute Gasteiger partial charge is 0.497 e. The lowest BCUT2D eigenvalue weighted by molar-refractivity contribution is -0.121. The summed E-state index contributed by atoms with van der Waals surface area (Å²) in [5.41, 5.74) is 2.23. The van der Waals surface area contributed by atoms with Crippen LogP contribution in [-0.4, -0.2) is 51.3 Å². The Morgan fingerprint density at radius 3 is 2.59 bits per heavy atom. The summed E-state index contributed by atoms with van der Waals surface area (Å²) < 4.78 is 34.2. The number of amides is 2. The van der Waals surface area contributed by atoms with Gasteiger partial charge in [-0.15, -0.1) is 0 Å². The number of methoxy groups -OCH3 is 1. The van der Waals surface area contributed by atoms with Crippen molar-refractivity contribution in [3.05, 3.63) is 46.4 Å². The lowest BCUT2D eigenvalue weighted by atomic mass is 9.99. The Balaban J connectivity index is 1.53. The van der Waals surface area contributed by atoms with E-state index in [0.29, 0.717) is 60.4 Å². The molecule has 0 bridgehead atoms. The highest BCUT2D eigenvalue weighted by Gasteiger charge is 2.36. The molecular formula is C24H28BrN3O5S. The molecule has 1 N–H and O–H groups in total. The fourth-order valence-electron chi connectivity index (χ4n) is 4.47. The van der Waals surface area contributed by atoms with Crippen LogP contribution in [-0.2, 0) is 26.0 Å². The normalized spacial score (nSPS) is 18.4. The third-order valence-electron chi connectivity index (χ3n) is 6.36. The summed E-state index contributed by atoms with van der Waals surface area (Å²) in [7, 11) is -2.29. The molecule has 1 fully saturated rings. The minimum absolute atomic E-state index is 0.0299. The number of hydrogen-bond acceptors (Lipinski definition) is 5. The topological polar surface area (TPSA) is 96.0 Å². The van der Waals surface area contributed by atoms with Gasteiger partial charge in [0.25, 0.3) is 0 Å². The Morgan fingerprint density at radius 1 is 1.18 bits per heavy atom. The number of fused-ring (bicyclic) bond motifs is 1. The summed E-state index contributed by atoms with van der Waals surface area (Å²) in [6.07, 6.45) is 2.24. The number of hydrogen-bond donors (Lipinski definition) is 1. The molecule has 2 aromatic rings. The molecule has 2 aromatic carbocycles. The van der Waals surface area contributed by atoms with Gasteiger partial charge in [0.15, 0.2) is 0 Å². The number of carbonyl (C=O) groups excluding carboxylic acids is 2. The van der Waals surface area contributed by atoms with Crippen molar-refractivity contribution < 1.29 is 22.7 Å². The van der Waals surface area contributed by atoms with Gasteiger partial charge in [0.2, 0.25) is 21.8 Å². The molecule has 1 atom stereocenters. The van der Waals surface area contributed by atoms with E-state index in [2.05, 4.69) is 21.2 Å². The van der Waals surface area contributed by atoms with Crippen LogP contribution < -0.4 is 15.0 Å². The zero-order chi connectivity index (χ0) is 24.5. The molecular weight excluding hydrogens is 522 g/mol. The van der Waals surface area contributed by atoms with E-state index < -0.39 is 15.9 Å². The summed E-state index contributed by atoms with van der Waals surface area (Å²) in [6.45, 7) is 2.79. The minimum atomic E-state index is -3.87. The van der Waals surface area contributed by atoms with Crippen molar-refractivity contribution in [1.29, 1.82) is 0 Å². The number of anilines is 2. The molecule has 0 aliphatic carbocycles. The number of rotatable bonds is 6. The van der Waals surface area contributed by atoms with Crippen molar-refractivity contribution in [2.24, 2.45) is 5.92 Å². The van der Waals surface area contributed by atoms with Gasteiger partial charge in [-0.2, -0.15) is 4.31 Å². The van der Waals surface area contributed by atoms with Gasteiger partial charge in [-0.05, 0) is 77.2 Å². The van der Waals surface area contributed by atoms with Gasteiger partial charge < -0.3 is 15.0 Å². The number of piperidine rings is 1. The standard InChI is InChI=1S/C24H28BrN3O5S/c1-3-23(29)28-12-10-16-13-20(25)22(14-21(16)28)34(31,32)27-11-4-5-17(15-27)24(30)26-18-6-8-19(33-2)9-7-18/h6-9,13-14,17H,3-5,10-12,15H2,1-2H3,(H,26,30)/t17-/m1/s1. The van der Waals surface area contributed by atoms with Crippen LogP contribution in [0.25, 0.3) is 0 Å². The van der Waals surface area contributed by atoms with Crippen molar-refractivity contribution in [1.82, 2.24) is 4.31 Å². The number of nitrogens with one attached hydrogen (secondary N) is 1. The maximum absolute atomic E-state index is 13.6. The number of sulfonamides is 1. The van der Waals surface area contributed by atoms with Gasteiger partial charge >= 0.3 is 0 Å². The van der Waals surface area contributed by atoms with E-state index in [9.17, 15) is 18.0 Å². The summed E-state index contributed by atoms with van der Waals surface area (Å²) in [5.74, 6) is -0.0143. The second-order valence-electron chi connectivity index (χ2n) is 8.48. The van der Waals surface area contributed by atoms with E-state index in [1.54, 1.807) is 55.3 Å². The summed E-state index contributed by atoms with van der Waals surface area (Å²) >= 11 is 3.43. The second-order valence-corrected chi connectivity index (χ2v) is 11.2. The fraction of sp³-hybridized carbons (Fsp3) is 0.417. The van der Waals surface area contributed by atoms with Crippen molar-refractivity contribution in [3.63, 3.8) is 0 Å². The number of carbonyl (C=O) groups is 2. The molecule has 0 radical (unpaired) electrons. The molecule has 2 aliphatic rings. The Bertz CT molecular complexity index is 1200. The molecule has 2 heterocycles. The van der Waals surface area contributed by atoms with Crippen molar-refractivity contribution in [3.8, 4) is 5.75 Å². The Hall–Kier alpha value is -2.43. The van der Waals surface area contributed by atoms with E-state index in [0.717, 1.165) is 5.56 Å². The first kappa shape index (κ1) is 24.7. The lowest BCUT2D eigenvalue weighted by Gasteiger charge is -2.31. The monoisotopic (exact) mass is 549 g/mol. The van der Waals surface area contributed by atoms with Gasteiger partial charge in [-0.3, -0.25) is 9.59 Å². The van der Waals surface area contributed by atoms with E-state index in [1.165, 1.54) is 4.31 Å². The van der Waals surface area contributed by atoms with Gasteiger partial charge in [-0.25, -0.2) is 8.42 Å². The van der Waals surface area contributed by atoms with Crippen molar-refractivity contribution in [2.45, 2.75) is 37.5 Å². The molecule has 4 rings (SSSR count). The molecule has 2 aliphatic heterocycles. The smallest absolute Gasteiger partial charge is 0.244 e. The van der Waals surface area contributed by atoms with Crippen LogP contribution in [0.2, 0.25) is 0 Å². The maximum Gasteiger partial charge on any atom is 0.244 e. The third-order valence-corrected chi connectivity index (χ3v) is 9.19. The van der Waals surface area contributed by atoms with E-state index in [4.69, 9.17) is 4.74 Å². The number of halogens is 1. The third kappa shape index (κ3) is 4.85. The number of benzene rings is 2. The average Bonchev–Trinajstić information content (AvgIpc) is 3.26. The fourth-order valence-corrected chi connectivity index (χ4v) is 7.06. The molecule has 0 aromatic heterocycles. The molecule has 0 unspecified atom stereocenters. The quantitative estimate of drug-likeness (QED) is 0.591. The molecule has 34 heavy (non-hydrogen) atoms. The molecule has 182 valence electrons. The first-order chi connectivity index (χ1) is 16.2. The zero-order valence-electron chi connectivity index (χ0n) is 19.2. The van der Waals surface area contributed by atoms with Crippen LogP contribution in [0.5, 0.6) is 5.75 Å². The van der Waals surface area contributed by atoms with Crippen LogP contribution in [0.15, 0.2) is 45.8 Å². The van der Waals surface area contributed by atoms with Crippen molar-refractivity contribution >= 4 is 49.1 Å². The maximum atomic E-state index is 13.6. The first-order valence-corrected chi connectivity index (χ1v) is 13.6. The van der Waals surface area contributed by atoms with E-state index in [1.807, 2.05) is 0 Å². The highest BCUT2D eigenvalue weighted by atomic mass is 79.9. The molecule has 0 spiro atoms. The lowest BCUT2D eigenvalue weighted by Crippen LogP contribution is -2.43. The number of nitrogens with zero attached hydrogens (tertiary/aromatic N) is 2. The van der Waals surface area contributed by atoms with Gasteiger partial charge in [0, 0.05) is 41.9 Å². The van der Waals surface area contributed by atoms with E-state index in [-0.39, 0.29) is 23.3 Å². The predicted molar refractivity (Wildman–Crippen MR) is 134 cm³/mol. The Labute approximate surface area is 208 Å². The van der Waals surface area contributed by atoms with Crippen LogP contribution >= 0.6 is 15.9 Å². The molecule has 1 saturated heterocycles. The number of ether oxygens (including phenoxy) is 1. The minimum Gasteiger partial charge on any atom is -0.497 e. The van der Waals surface area contributed by atoms with Gasteiger partial charge in [0.05, 0.1) is 17.9 Å². The predicted octanol–water partition coefficient (Wildman–Crippen LogP) is 3.80. The van der Waals surface area contributed by atoms with Crippen LogP contribution in [0, 0.1) is 5.92 Å². The molecule has 8 nitrogen and oxygen atoms in total. The van der Waals surface area contributed by atoms with Crippen LogP contribution in [0.3, 0.4) is 0 Å². The van der Waals surface area contributed by atoms with Crippen molar-refractivity contribution in [2.75, 3.05) is 37.0 Å². The van der Waals surface area contributed by atoms with Gasteiger partial charge in [0.1, 0.15) is 5.75 Å². The van der Waals surface area contributed by atoms with E-state index >= 15 is 0 Å². The first-order valence-electron chi connectivity index (χ1n) is 11.3. The summed E-state index contributed by atoms with van der Waals surface area (Å²) in [4.78, 5) is 27.0. The van der Waals surface area contributed by atoms with Crippen LogP contribution in [0.1, 0.15) is 31.7 Å². The SMILES string of the molecule is CCC(=O)N1CCc2cc(Br)c(S(=O)(=O)N3CCC[C@@H](C(=O)Nc4ccc(OC)cc4)C3)cc21. The average molecular weight is 550 g/mol. The second kappa shape index (κ2) is 10.1. The Morgan fingerprint density at radius 2 is 1.91 bits per heavy atom. The summed E-state index contributed by atoms with van der Waals surface area (Å²) in [6, 6.07) is 10.4. The Kier molecular flexibility index (Phi) is 7.30. The molecule has 0 saturated carbocycles.